The molecule has 0 amide bonds. The van der Waals surface area contributed by atoms with Crippen molar-refractivity contribution in [3.05, 3.63) is 57.9 Å². The molecule has 0 radical (unpaired) electrons. The highest BCUT2D eigenvalue weighted by atomic mass is 35.5. The fourth-order valence-corrected chi connectivity index (χ4v) is 2.52. The topological polar surface area (TPSA) is 35.2 Å². The molecule has 0 aliphatic heterocycles. The zero-order valence-electron chi connectivity index (χ0n) is 11.5. The van der Waals surface area contributed by atoms with Crippen molar-refractivity contribution in [2.45, 2.75) is 20.3 Å². The number of ether oxygens (including phenoxy) is 1. The molecule has 0 aliphatic carbocycles. The number of aryl methyl sites for hydroxylation is 2. The Morgan fingerprint density at radius 1 is 1.20 bits per heavy atom. The van der Waals surface area contributed by atoms with Crippen molar-refractivity contribution in [3.63, 3.8) is 0 Å². The van der Waals surface area contributed by atoms with Crippen LogP contribution in [0.15, 0.2) is 30.3 Å². The number of hydrogen-bond acceptors (Lipinski definition) is 2. The summed E-state index contributed by atoms with van der Waals surface area (Å²) < 4.78 is 19.8. The smallest absolute Gasteiger partial charge is 0.133 e. The minimum absolute atomic E-state index is 0.294. The second kappa shape index (κ2) is 6.25. The highest BCUT2D eigenvalue weighted by molar-refractivity contribution is 6.30. The quantitative estimate of drug-likeness (QED) is 0.907. The van der Waals surface area contributed by atoms with E-state index in [0.717, 1.165) is 11.1 Å². The monoisotopic (exact) mass is 293 g/mol. The van der Waals surface area contributed by atoms with Gasteiger partial charge in [-0.1, -0.05) is 17.7 Å². The highest BCUT2D eigenvalue weighted by Crippen LogP contribution is 2.33. The van der Waals surface area contributed by atoms with Gasteiger partial charge in [-0.25, -0.2) is 4.39 Å². The molecule has 20 heavy (non-hydrogen) atoms. The highest BCUT2D eigenvalue weighted by Gasteiger charge is 2.13. The lowest BCUT2D eigenvalue weighted by Crippen LogP contribution is -2.06. The first-order valence-electron chi connectivity index (χ1n) is 6.45. The van der Waals surface area contributed by atoms with Gasteiger partial charge in [-0.05, 0) is 62.2 Å². The molecule has 0 heterocycles. The van der Waals surface area contributed by atoms with E-state index in [-0.39, 0.29) is 5.82 Å². The molecule has 0 aliphatic rings. The van der Waals surface area contributed by atoms with Crippen molar-refractivity contribution in [3.8, 4) is 11.5 Å². The zero-order chi connectivity index (χ0) is 14.7. The number of benzene rings is 2. The molecule has 0 saturated heterocycles. The van der Waals surface area contributed by atoms with Gasteiger partial charge < -0.3 is 10.5 Å². The normalized spacial score (nSPS) is 10.7. The van der Waals surface area contributed by atoms with Crippen molar-refractivity contribution >= 4 is 11.6 Å². The summed E-state index contributed by atoms with van der Waals surface area (Å²) in [7, 11) is 0. The summed E-state index contributed by atoms with van der Waals surface area (Å²) in [5.41, 5.74) is 7.86. The van der Waals surface area contributed by atoms with Crippen LogP contribution in [0, 0.1) is 19.7 Å². The summed E-state index contributed by atoms with van der Waals surface area (Å²) in [5, 5.41) is 0.661. The van der Waals surface area contributed by atoms with Crippen LogP contribution in [0.1, 0.15) is 16.7 Å². The minimum Gasteiger partial charge on any atom is -0.456 e. The Morgan fingerprint density at radius 3 is 2.45 bits per heavy atom. The molecule has 0 bridgehead atoms. The maximum absolute atomic E-state index is 13.8. The lowest BCUT2D eigenvalue weighted by atomic mass is 10.1. The van der Waals surface area contributed by atoms with Gasteiger partial charge in [0.25, 0.3) is 0 Å². The Hall–Kier alpha value is -1.58. The standard InChI is InChI=1S/C16H17ClFNO/c1-10-8-12(17)9-11(2)16(10)20-15-5-3-4-14(18)13(15)6-7-19/h3-5,8-9H,6-7,19H2,1-2H3. The first-order valence-corrected chi connectivity index (χ1v) is 6.82. The molecule has 0 saturated carbocycles. The predicted molar refractivity (Wildman–Crippen MR) is 80.2 cm³/mol. The van der Waals surface area contributed by atoms with Crippen LogP contribution in [0.3, 0.4) is 0 Å². The summed E-state index contributed by atoms with van der Waals surface area (Å²) in [6.45, 7) is 4.20. The van der Waals surface area contributed by atoms with E-state index in [1.165, 1.54) is 6.07 Å². The van der Waals surface area contributed by atoms with Crippen molar-refractivity contribution < 1.29 is 9.13 Å². The van der Waals surface area contributed by atoms with Gasteiger partial charge in [0, 0.05) is 10.6 Å². The van der Waals surface area contributed by atoms with Gasteiger partial charge in [0.15, 0.2) is 0 Å². The third-order valence-electron chi connectivity index (χ3n) is 3.11. The maximum Gasteiger partial charge on any atom is 0.133 e. The number of hydrogen-bond donors (Lipinski definition) is 1. The molecule has 2 aromatic rings. The predicted octanol–water partition coefficient (Wildman–Crippen LogP) is 4.39. The summed E-state index contributed by atoms with van der Waals surface area (Å²) in [6, 6.07) is 8.45. The molecule has 0 spiro atoms. The van der Waals surface area contributed by atoms with E-state index < -0.39 is 0 Å². The van der Waals surface area contributed by atoms with Gasteiger partial charge in [-0.2, -0.15) is 0 Å². The molecule has 2 N–H and O–H groups in total. The summed E-state index contributed by atoms with van der Waals surface area (Å²) in [5.74, 6) is 0.916. The Balaban J connectivity index is 2.43. The van der Waals surface area contributed by atoms with Crippen LogP contribution in [-0.2, 0) is 6.42 Å². The molecule has 0 atom stereocenters. The second-order valence-electron chi connectivity index (χ2n) is 4.73. The molecule has 4 heteroatoms. The fraction of sp³-hybridized carbons (Fsp3) is 0.250. The molecular formula is C16H17ClFNO. The molecular weight excluding hydrogens is 277 g/mol. The second-order valence-corrected chi connectivity index (χ2v) is 5.16. The summed E-state index contributed by atoms with van der Waals surface area (Å²) >= 11 is 6.00. The van der Waals surface area contributed by atoms with Crippen molar-refractivity contribution in [2.24, 2.45) is 5.73 Å². The van der Waals surface area contributed by atoms with Crippen LogP contribution < -0.4 is 10.5 Å². The number of halogens is 2. The number of rotatable bonds is 4. The van der Waals surface area contributed by atoms with Crippen LogP contribution >= 0.6 is 11.6 Å². The van der Waals surface area contributed by atoms with E-state index in [1.807, 2.05) is 26.0 Å². The molecule has 106 valence electrons. The average molecular weight is 294 g/mol. The first-order chi connectivity index (χ1) is 9.52. The van der Waals surface area contributed by atoms with Gasteiger partial charge in [0.2, 0.25) is 0 Å². The van der Waals surface area contributed by atoms with E-state index in [4.69, 9.17) is 22.1 Å². The van der Waals surface area contributed by atoms with Crippen LogP contribution in [0.25, 0.3) is 0 Å². The van der Waals surface area contributed by atoms with E-state index in [0.29, 0.717) is 35.1 Å². The Bertz CT molecular complexity index is 605. The van der Waals surface area contributed by atoms with Crippen LogP contribution in [-0.4, -0.2) is 6.54 Å². The van der Waals surface area contributed by atoms with Crippen LogP contribution in [0.5, 0.6) is 11.5 Å². The minimum atomic E-state index is -0.294. The van der Waals surface area contributed by atoms with E-state index in [1.54, 1.807) is 12.1 Å². The molecule has 2 rings (SSSR count). The Morgan fingerprint density at radius 2 is 1.85 bits per heavy atom. The van der Waals surface area contributed by atoms with Gasteiger partial charge in [0.05, 0.1) is 0 Å². The molecule has 0 unspecified atom stereocenters. The lowest BCUT2D eigenvalue weighted by Gasteiger charge is -2.15. The zero-order valence-corrected chi connectivity index (χ0v) is 12.3. The van der Waals surface area contributed by atoms with Crippen LogP contribution in [0.4, 0.5) is 4.39 Å². The third-order valence-corrected chi connectivity index (χ3v) is 3.33. The Labute approximate surface area is 123 Å². The largest absolute Gasteiger partial charge is 0.456 e. The van der Waals surface area contributed by atoms with Crippen LogP contribution in [0.2, 0.25) is 5.02 Å². The third kappa shape index (κ3) is 3.11. The van der Waals surface area contributed by atoms with Crippen molar-refractivity contribution in [1.29, 1.82) is 0 Å². The molecule has 0 fully saturated rings. The number of nitrogens with two attached hydrogens (primary N) is 1. The first kappa shape index (κ1) is 14.8. The van der Waals surface area contributed by atoms with Gasteiger partial charge in [0.1, 0.15) is 17.3 Å². The SMILES string of the molecule is Cc1cc(Cl)cc(C)c1Oc1cccc(F)c1CCN. The van der Waals surface area contributed by atoms with Crippen molar-refractivity contribution in [2.75, 3.05) is 6.54 Å². The van der Waals surface area contributed by atoms with Gasteiger partial charge >= 0.3 is 0 Å². The van der Waals surface area contributed by atoms with Gasteiger partial charge in [-0.15, -0.1) is 0 Å². The van der Waals surface area contributed by atoms with E-state index in [2.05, 4.69) is 0 Å². The lowest BCUT2D eigenvalue weighted by molar-refractivity contribution is 0.460. The average Bonchev–Trinajstić information content (AvgIpc) is 2.37. The van der Waals surface area contributed by atoms with Crippen molar-refractivity contribution in [1.82, 2.24) is 0 Å². The molecule has 2 nitrogen and oxygen atoms in total. The molecule has 2 aromatic carbocycles. The van der Waals surface area contributed by atoms with Gasteiger partial charge in [-0.3, -0.25) is 0 Å². The molecule has 0 aromatic heterocycles. The van der Waals surface area contributed by atoms with E-state index >= 15 is 0 Å². The van der Waals surface area contributed by atoms with E-state index in [9.17, 15) is 4.39 Å². The maximum atomic E-state index is 13.8. The Kier molecular flexibility index (Phi) is 4.63. The fourth-order valence-electron chi connectivity index (χ4n) is 2.19. The summed E-state index contributed by atoms with van der Waals surface area (Å²) in [4.78, 5) is 0. The summed E-state index contributed by atoms with van der Waals surface area (Å²) in [6.07, 6.45) is 0.438.